The largest absolute Gasteiger partial charge is 0.492 e. The maximum atomic E-state index is 12.8. The number of benzene rings is 2. The standard InChI is InChI=1S/C16H14FN3O3/c17-12-2-4-13(5-3-12)23-8-7-20-10-18-14-6-1-11(9-15(14)20)16(21)19-22/h1-6,9-10,22H,7-8H2,(H,19,21). The zero-order chi connectivity index (χ0) is 16.2. The highest BCUT2D eigenvalue weighted by atomic mass is 19.1. The van der Waals surface area contributed by atoms with Gasteiger partial charge in [0.15, 0.2) is 0 Å². The van der Waals surface area contributed by atoms with E-state index in [0.29, 0.717) is 24.5 Å². The van der Waals surface area contributed by atoms with Crippen LogP contribution < -0.4 is 10.2 Å². The number of amides is 1. The molecule has 0 aliphatic carbocycles. The number of hydrogen-bond acceptors (Lipinski definition) is 4. The average Bonchev–Trinajstić information content (AvgIpc) is 2.98. The molecule has 3 aromatic rings. The van der Waals surface area contributed by atoms with E-state index in [1.165, 1.54) is 12.1 Å². The number of hydrogen-bond donors (Lipinski definition) is 2. The molecular weight excluding hydrogens is 301 g/mol. The molecule has 0 spiro atoms. The third kappa shape index (κ3) is 3.29. The van der Waals surface area contributed by atoms with Gasteiger partial charge >= 0.3 is 0 Å². The third-order valence-corrected chi connectivity index (χ3v) is 3.40. The Bertz CT molecular complexity index is 830. The number of nitrogens with zero attached hydrogens (tertiary/aromatic N) is 2. The molecule has 0 saturated carbocycles. The summed E-state index contributed by atoms with van der Waals surface area (Å²) in [6, 6.07) is 10.7. The van der Waals surface area contributed by atoms with E-state index in [1.54, 1.807) is 42.1 Å². The molecule has 3 rings (SSSR count). The lowest BCUT2D eigenvalue weighted by Gasteiger charge is -2.08. The normalized spacial score (nSPS) is 10.7. The summed E-state index contributed by atoms with van der Waals surface area (Å²) in [5, 5.41) is 8.70. The number of rotatable bonds is 5. The van der Waals surface area contributed by atoms with Crippen molar-refractivity contribution in [3.63, 3.8) is 0 Å². The molecule has 0 aliphatic rings. The van der Waals surface area contributed by atoms with Crippen molar-refractivity contribution in [2.24, 2.45) is 0 Å². The van der Waals surface area contributed by atoms with Crippen molar-refractivity contribution < 1.29 is 19.1 Å². The van der Waals surface area contributed by atoms with Crippen LogP contribution in [0.5, 0.6) is 5.75 Å². The van der Waals surface area contributed by atoms with Crippen molar-refractivity contribution in [2.45, 2.75) is 6.54 Å². The molecule has 0 unspecified atom stereocenters. The highest BCUT2D eigenvalue weighted by Crippen LogP contribution is 2.16. The van der Waals surface area contributed by atoms with Gasteiger partial charge in [0.2, 0.25) is 0 Å². The van der Waals surface area contributed by atoms with Gasteiger partial charge in [-0.15, -0.1) is 0 Å². The maximum absolute atomic E-state index is 12.8. The van der Waals surface area contributed by atoms with E-state index >= 15 is 0 Å². The zero-order valence-electron chi connectivity index (χ0n) is 12.1. The van der Waals surface area contributed by atoms with Crippen LogP contribution in [0.4, 0.5) is 4.39 Å². The van der Waals surface area contributed by atoms with Crippen LogP contribution in [0.15, 0.2) is 48.8 Å². The fourth-order valence-corrected chi connectivity index (χ4v) is 2.23. The van der Waals surface area contributed by atoms with Crippen LogP contribution in [-0.4, -0.2) is 27.3 Å². The zero-order valence-corrected chi connectivity index (χ0v) is 12.1. The number of carbonyl (C=O) groups is 1. The molecule has 1 amide bonds. The number of ether oxygens (including phenoxy) is 1. The molecule has 6 nitrogen and oxygen atoms in total. The SMILES string of the molecule is O=C(NO)c1ccc2ncn(CCOc3ccc(F)cc3)c2c1. The summed E-state index contributed by atoms with van der Waals surface area (Å²) >= 11 is 0. The Morgan fingerprint density at radius 1 is 1.26 bits per heavy atom. The second kappa shape index (κ2) is 6.45. The van der Waals surface area contributed by atoms with Crippen LogP contribution in [0.25, 0.3) is 11.0 Å². The first-order valence-electron chi connectivity index (χ1n) is 6.95. The summed E-state index contributed by atoms with van der Waals surface area (Å²) in [5.41, 5.74) is 3.43. The maximum Gasteiger partial charge on any atom is 0.274 e. The summed E-state index contributed by atoms with van der Waals surface area (Å²) in [5.74, 6) is -0.314. The molecule has 23 heavy (non-hydrogen) atoms. The molecule has 7 heteroatoms. The molecule has 2 N–H and O–H groups in total. The summed E-state index contributed by atoms with van der Waals surface area (Å²) in [6.07, 6.45) is 1.65. The second-order valence-electron chi connectivity index (χ2n) is 4.88. The summed E-state index contributed by atoms with van der Waals surface area (Å²) < 4.78 is 20.2. The van der Waals surface area contributed by atoms with Crippen LogP contribution in [0.2, 0.25) is 0 Å². The van der Waals surface area contributed by atoms with Gasteiger partial charge in [0.1, 0.15) is 18.2 Å². The molecule has 0 atom stereocenters. The van der Waals surface area contributed by atoms with Gasteiger partial charge in [-0.1, -0.05) is 0 Å². The van der Waals surface area contributed by atoms with E-state index in [2.05, 4.69) is 4.98 Å². The molecule has 0 radical (unpaired) electrons. The van der Waals surface area contributed by atoms with Crippen molar-refractivity contribution in [1.82, 2.24) is 15.0 Å². The molecule has 0 fully saturated rings. The molecule has 118 valence electrons. The molecule has 0 saturated heterocycles. The Morgan fingerprint density at radius 3 is 2.78 bits per heavy atom. The van der Waals surface area contributed by atoms with Crippen LogP contribution >= 0.6 is 0 Å². The van der Waals surface area contributed by atoms with Crippen LogP contribution in [0, 0.1) is 5.82 Å². The van der Waals surface area contributed by atoms with Crippen molar-refractivity contribution in [3.8, 4) is 5.75 Å². The fourth-order valence-electron chi connectivity index (χ4n) is 2.23. The lowest BCUT2D eigenvalue weighted by atomic mass is 10.2. The number of nitrogens with one attached hydrogen (secondary N) is 1. The number of fused-ring (bicyclic) bond motifs is 1. The molecular formula is C16H14FN3O3. The summed E-state index contributed by atoms with van der Waals surface area (Å²) in [7, 11) is 0. The lowest BCUT2D eigenvalue weighted by molar-refractivity contribution is 0.0706. The smallest absolute Gasteiger partial charge is 0.274 e. The van der Waals surface area contributed by atoms with E-state index in [9.17, 15) is 9.18 Å². The van der Waals surface area contributed by atoms with Crippen molar-refractivity contribution in [1.29, 1.82) is 0 Å². The summed E-state index contributed by atoms with van der Waals surface area (Å²) in [4.78, 5) is 15.7. The minimum Gasteiger partial charge on any atom is -0.492 e. The van der Waals surface area contributed by atoms with E-state index in [1.807, 2.05) is 4.57 Å². The number of halogens is 1. The number of hydroxylamine groups is 1. The first-order valence-corrected chi connectivity index (χ1v) is 6.95. The highest BCUT2D eigenvalue weighted by molar-refractivity contribution is 5.96. The van der Waals surface area contributed by atoms with Gasteiger partial charge < -0.3 is 9.30 Å². The van der Waals surface area contributed by atoms with Gasteiger partial charge in [-0.2, -0.15) is 0 Å². The van der Waals surface area contributed by atoms with Gasteiger partial charge in [0.05, 0.1) is 23.9 Å². The predicted molar refractivity (Wildman–Crippen MR) is 80.9 cm³/mol. The molecule has 2 aromatic carbocycles. The number of aromatic nitrogens is 2. The molecule has 0 bridgehead atoms. The predicted octanol–water partition coefficient (Wildman–Crippen LogP) is 2.37. The van der Waals surface area contributed by atoms with Gasteiger partial charge in [-0.3, -0.25) is 10.0 Å². The Hall–Kier alpha value is -2.93. The van der Waals surface area contributed by atoms with E-state index < -0.39 is 5.91 Å². The Labute approximate surface area is 131 Å². The van der Waals surface area contributed by atoms with Gasteiger partial charge in [0, 0.05) is 5.56 Å². The first-order chi connectivity index (χ1) is 11.2. The van der Waals surface area contributed by atoms with Crippen molar-refractivity contribution in [2.75, 3.05) is 6.61 Å². The quantitative estimate of drug-likeness (QED) is 0.560. The van der Waals surface area contributed by atoms with Gasteiger partial charge in [0.25, 0.3) is 5.91 Å². The Morgan fingerprint density at radius 2 is 2.04 bits per heavy atom. The Kier molecular flexibility index (Phi) is 4.20. The van der Waals surface area contributed by atoms with Crippen molar-refractivity contribution in [3.05, 3.63) is 60.2 Å². The van der Waals surface area contributed by atoms with Crippen LogP contribution in [0.1, 0.15) is 10.4 Å². The fraction of sp³-hybridized carbons (Fsp3) is 0.125. The number of carbonyl (C=O) groups excluding carboxylic acids is 1. The van der Waals surface area contributed by atoms with E-state index in [4.69, 9.17) is 9.94 Å². The molecule has 1 heterocycles. The van der Waals surface area contributed by atoms with Gasteiger partial charge in [-0.05, 0) is 42.5 Å². The van der Waals surface area contributed by atoms with Crippen molar-refractivity contribution >= 4 is 16.9 Å². The lowest BCUT2D eigenvalue weighted by Crippen LogP contribution is -2.18. The van der Waals surface area contributed by atoms with E-state index in [0.717, 1.165) is 11.0 Å². The minimum atomic E-state index is -0.581. The minimum absolute atomic E-state index is 0.312. The van der Waals surface area contributed by atoms with Crippen LogP contribution in [-0.2, 0) is 6.54 Å². The second-order valence-corrected chi connectivity index (χ2v) is 4.88. The topological polar surface area (TPSA) is 76.4 Å². The van der Waals surface area contributed by atoms with E-state index in [-0.39, 0.29) is 5.82 Å². The van der Waals surface area contributed by atoms with Crippen LogP contribution in [0.3, 0.4) is 0 Å². The molecule has 0 aliphatic heterocycles. The number of imidazole rings is 1. The summed E-state index contributed by atoms with van der Waals surface area (Å²) in [6.45, 7) is 0.881. The monoisotopic (exact) mass is 315 g/mol. The highest BCUT2D eigenvalue weighted by Gasteiger charge is 2.08. The average molecular weight is 315 g/mol. The Balaban J connectivity index is 1.72. The third-order valence-electron chi connectivity index (χ3n) is 3.40. The van der Waals surface area contributed by atoms with Gasteiger partial charge in [-0.25, -0.2) is 14.9 Å². The molecule has 1 aromatic heterocycles. The first kappa shape index (κ1) is 15.0.